The first-order chi connectivity index (χ1) is 32.8. The normalized spacial score (nSPS) is 35.0. The van der Waals surface area contributed by atoms with Crippen LogP contribution in [0.5, 0.6) is 0 Å². The number of epoxide rings is 1. The molecule has 0 spiro atoms. The molecule has 0 aromatic heterocycles. The van der Waals surface area contributed by atoms with Crippen LogP contribution in [0.3, 0.4) is 0 Å². The first-order valence-electron chi connectivity index (χ1n) is 21.9. The summed E-state index contributed by atoms with van der Waals surface area (Å²) in [5.41, 5.74) is 1.83. The van der Waals surface area contributed by atoms with Gasteiger partial charge in [0.25, 0.3) is 0 Å². The van der Waals surface area contributed by atoms with Gasteiger partial charge in [0.1, 0.15) is 61.0 Å². The van der Waals surface area contributed by atoms with Gasteiger partial charge >= 0.3 is 29.8 Å². The third kappa shape index (κ3) is 15.7. The number of aliphatic hydroxyl groups is 7. The number of ether oxygens (including phenoxy) is 11. The molecule has 0 aromatic rings. The number of hydrogen-bond acceptors (Lipinski definition) is 23. The smallest absolute Gasteiger partial charge is 0.333 e. The molecule has 388 valence electrons. The first kappa shape index (κ1) is 57.1. The number of carbonyl (C=O) groups is 5. The largest absolute Gasteiger partial charge is 0.478 e. The average Bonchev–Trinajstić information content (AvgIpc) is 4.16. The van der Waals surface area contributed by atoms with E-state index in [4.69, 9.17) is 58.3 Å². The maximum atomic E-state index is 11.5. The molecule has 5 aliphatic carbocycles. The zero-order valence-electron chi connectivity index (χ0n) is 39.0. The molecule has 3 saturated heterocycles. The third-order valence-corrected chi connectivity index (χ3v) is 11.9. The van der Waals surface area contributed by atoms with Crippen LogP contribution < -0.4 is 0 Å². The Morgan fingerprint density at radius 2 is 0.855 bits per heavy atom. The van der Waals surface area contributed by atoms with Crippen molar-refractivity contribution in [1.29, 1.82) is 0 Å². The number of rotatable bonds is 7. The number of carboxylic acids is 1. The molecule has 24 heteroatoms. The maximum absolute atomic E-state index is 11.5. The predicted molar refractivity (Wildman–Crippen MR) is 230 cm³/mol. The lowest BCUT2D eigenvalue weighted by molar-refractivity contribution is -0.172. The van der Waals surface area contributed by atoms with Crippen LogP contribution >= 0.6 is 0 Å². The SMILES string of the molecule is COC(=O)C1=CC(O)C(O)C(OC)C1.COC(=O)C1=CC(O)C2OC2C1.COC(=O)C1=CC2OCCOC2C(O)C1.COC(=O)C1=CC2OCCOC2C(OC)C1.O=C(O)C1=CC(O)C(O)C(O)C1. The van der Waals surface area contributed by atoms with Gasteiger partial charge in [-0.3, -0.25) is 0 Å². The number of aliphatic carboxylic acids is 1. The number of fused-ring (bicyclic) bond motifs is 3. The van der Waals surface area contributed by atoms with E-state index in [0.29, 0.717) is 61.6 Å². The van der Waals surface area contributed by atoms with Crippen LogP contribution in [0, 0.1) is 0 Å². The summed E-state index contributed by atoms with van der Waals surface area (Å²) in [7, 11) is 8.31. The second kappa shape index (κ2) is 27.2. The Kier molecular flexibility index (Phi) is 22.5. The molecule has 3 aliphatic heterocycles. The van der Waals surface area contributed by atoms with Crippen LogP contribution in [-0.4, -0.2) is 231 Å². The molecule has 0 aromatic carbocycles. The summed E-state index contributed by atoms with van der Waals surface area (Å²) < 4.78 is 55.7. The fourth-order valence-corrected chi connectivity index (χ4v) is 8.07. The molecule has 15 atom stereocenters. The number of carbonyl (C=O) groups excluding carboxylic acids is 4. The lowest BCUT2D eigenvalue weighted by atomic mass is 9.91. The van der Waals surface area contributed by atoms with E-state index in [2.05, 4.69) is 14.2 Å². The van der Waals surface area contributed by atoms with E-state index in [9.17, 15) is 44.4 Å². The van der Waals surface area contributed by atoms with E-state index in [1.807, 2.05) is 0 Å². The molecule has 0 amide bonds. The van der Waals surface area contributed by atoms with Gasteiger partial charge in [-0.25, -0.2) is 24.0 Å². The van der Waals surface area contributed by atoms with Crippen molar-refractivity contribution in [2.75, 3.05) is 69.1 Å². The van der Waals surface area contributed by atoms with E-state index in [1.165, 1.54) is 47.7 Å². The van der Waals surface area contributed by atoms with E-state index in [-0.39, 0.29) is 79.5 Å². The van der Waals surface area contributed by atoms with Gasteiger partial charge in [0.2, 0.25) is 0 Å². The highest BCUT2D eigenvalue weighted by atomic mass is 16.6. The summed E-state index contributed by atoms with van der Waals surface area (Å²) in [6.07, 6.45) is -0.205. The standard InChI is InChI=1S/C11H16O5.C10H14O5.C9H14O5.C8H10O4.C7H10O5/c1-13-8-5-7(11(12)14-2)6-9-10(8)16-4-3-15-9;1-13-10(12)6-4-7(11)9-8(5-6)14-2-3-15-9;1-13-7-4-5(9(12)14-2)3-6(10)8(7)11;1-11-8(10)4-2-5(9)7-6(3-4)12-7;8-4-1-3(7(11)12)2-5(9)6(4)10/h6,8-10H,3-5H2,1-2H3;5,7-9,11H,2-4H2,1H3;3,6-8,10-11H,4H2,1-2H3;2,5-7,9H,3H2,1H3;1,4-6,8-10H,2H2,(H,11,12). The summed E-state index contributed by atoms with van der Waals surface area (Å²) in [6.45, 7) is 2.09. The molecule has 8 rings (SSSR count). The van der Waals surface area contributed by atoms with E-state index in [0.717, 1.165) is 6.08 Å². The van der Waals surface area contributed by atoms with Gasteiger partial charge in [-0.05, 0) is 30.4 Å². The van der Waals surface area contributed by atoms with Gasteiger partial charge in [0, 0.05) is 74.2 Å². The molecule has 8 aliphatic rings. The molecule has 3 fully saturated rings. The van der Waals surface area contributed by atoms with Crippen LogP contribution in [0.2, 0.25) is 0 Å². The number of aliphatic hydroxyl groups excluding tert-OH is 7. The summed E-state index contributed by atoms with van der Waals surface area (Å²) in [4.78, 5) is 55.3. The van der Waals surface area contributed by atoms with Crippen molar-refractivity contribution in [2.24, 2.45) is 0 Å². The second-order valence-electron chi connectivity index (χ2n) is 16.4. The molecule has 0 radical (unpaired) electrons. The fraction of sp³-hybridized carbons (Fsp3) is 0.667. The van der Waals surface area contributed by atoms with E-state index < -0.39 is 66.7 Å². The minimum absolute atomic E-state index is 0.0269. The van der Waals surface area contributed by atoms with Crippen molar-refractivity contribution >= 4 is 29.8 Å². The Balaban J connectivity index is 0.000000189. The van der Waals surface area contributed by atoms with Gasteiger partial charge < -0.3 is 93.0 Å². The third-order valence-electron chi connectivity index (χ3n) is 11.9. The van der Waals surface area contributed by atoms with Crippen LogP contribution in [0.15, 0.2) is 58.2 Å². The fourth-order valence-electron chi connectivity index (χ4n) is 8.07. The highest BCUT2D eigenvalue weighted by Gasteiger charge is 2.48. The zero-order chi connectivity index (χ0) is 51.1. The van der Waals surface area contributed by atoms with Crippen molar-refractivity contribution in [1.82, 2.24) is 0 Å². The lowest BCUT2D eigenvalue weighted by Crippen LogP contribution is -2.49. The minimum atomic E-state index is -1.29. The lowest BCUT2D eigenvalue weighted by Gasteiger charge is -2.38. The Hall–Kier alpha value is -4.51. The Bertz CT molecular complexity index is 1930. The van der Waals surface area contributed by atoms with E-state index >= 15 is 0 Å². The van der Waals surface area contributed by atoms with Crippen LogP contribution in [0.25, 0.3) is 0 Å². The number of hydrogen-bond donors (Lipinski definition) is 8. The average molecular weight is 989 g/mol. The number of carboxylic acid groups (broad SMARTS) is 1. The topological polar surface area (TPSA) is 352 Å². The minimum Gasteiger partial charge on any atom is -0.478 e. The molecular formula is C45H64O24. The Morgan fingerprint density at radius 3 is 1.35 bits per heavy atom. The zero-order valence-corrected chi connectivity index (χ0v) is 39.0. The van der Waals surface area contributed by atoms with E-state index in [1.54, 1.807) is 19.3 Å². The quantitative estimate of drug-likeness (QED) is 0.0728. The van der Waals surface area contributed by atoms with Crippen LogP contribution in [0.4, 0.5) is 0 Å². The van der Waals surface area contributed by atoms with Crippen molar-refractivity contribution < 1.29 is 117 Å². The number of methoxy groups -OCH3 is 6. The van der Waals surface area contributed by atoms with Crippen molar-refractivity contribution in [3.63, 3.8) is 0 Å². The van der Waals surface area contributed by atoms with Crippen molar-refractivity contribution in [2.45, 2.75) is 124 Å². The number of esters is 4. The molecule has 24 nitrogen and oxygen atoms in total. The first-order valence-corrected chi connectivity index (χ1v) is 21.9. The highest BCUT2D eigenvalue weighted by molar-refractivity contribution is 5.90. The van der Waals surface area contributed by atoms with Gasteiger partial charge in [-0.2, -0.15) is 0 Å². The molecule has 15 unspecified atom stereocenters. The van der Waals surface area contributed by atoms with Crippen LogP contribution in [-0.2, 0) is 76.1 Å². The highest BCUT2D eigenvalue weighted by Crippen LogP contribution is 2.36. The summed E-state index contributed by atoms with van der Waals surface area (Å²) >= 11 is 0. The molecule has 8 N–H and O–H groups in total. The summed E-state index contributed by atoms with van der Waals surface area (Å²) in [5.74, 6) is -2.79. The molecular weight excluding hydrogens is 924 g/mol. The molecule has 69 heavy (non-hydrogen) atoms. The molecule has 0 bridgehead atoms. The maximum Gasteiger partial charge on any atom is 0.333 e. The predicted octanol–water partition coefficient (Wildman–Crippen LogP) is -2.75. The van der Waals surface area contributed by atoms with Crippen molar-refractivity contribution in [3.05, 3.63) is 58.2 Å². The van der Waals surface area contributed by atoms with Gasteiger partial charge in [0.15, 0.2) is 0 Å². The van der Waals surface area contributed by atoms with Crippen LogP contribution in [0.1, 0.15) is 32.1 Å². The molecule has 0 saturated carbocycles. The monoisotopic (exact) mass is 988 g/mol. The van der Waals surface area contributed by atoms with Crippen molar-refractivity contribution in [3.8, 4) is 0 Å². The Morgan fingerprint density at radius 1 is 0.449 bits per heavy atom. The Labute approximate surface area is 397 Å². The van der Waals surface area contributed by atoms with Gasteiger partial charge in [0.05, 0.1) is 85.4 Å². The summed E-state index contributed by atoms with van der Waals surface area (Å²) in [6, 6.07) is 0. The molecule has 3 heterocycles. The second-order valence-corrected chi connectivity index (χ2v) is 16.4. The van der Waals surface area contributed by atoms with Gasteiger partial charge in [-0.1, -0.05) is 0 Å². The summed E-state index contributed by atoms with van der Waals surface area (Å²) in [5, 5.41) is 73.5. The van der Waals surface area contributed by atoms with Gasteiger partial charge in [-0.15, -0.1) is 0 Å².